The van der Waals surface area contributed by atoms with Crippen molar-refractivity contribution < 1.29 is 18.3 Å². The molecule has 0 saturated heterocycles. The Bertz CT molecular complexity index is 508. The Labute approximate surface area is 122 Å². The number of benzene rings is 1. The fourth-order valence-electron chi connectivity index (χ4n) is 1.38. The molecule has 0 aliphatic heterocycles. The largest absolute Gasteiger partial charge is 0.491 e. The molecule has 0 spiro atoms. The SMILES string of the molecule is CC=CCS(=O)(=O)CC(O)COc1ccc(Br)cc1. The zero-order chi connectivity index (χ0) is 14.3. The predicted molar refractivity (Wildman–Crippen MR) is 79.1 cm³/mol. The maximum atomic E-state index is 11.6. The third kappa shape index (κ3) is 6.75. The summed E-state index contributed by atoms with van der Waals surface area (Å²) in [7, 11) is -3.28. The van der Waals surface area contributed by atoms with Crippen molar-refractivity contribution >= 4 is 25.8 Å². The van der Waals surface area contributed by atoms with Gasteiger partial charge in [-0.05, 0) is 31.2 Å². The molecule has 4 nitrogen and oxygen atoms in total. The Morgan fingerprint density at radius 2 is 2.00 bits per heavy atom. The lowest BCUT2D eigenvalue weighted by Crippen LogP contribution is -2.28. The standard InChI is InChI=1S/C13H17BrO4S/c1-2-3-8-19(16,17)10-12(15)9-18-13-6-4-11(14)5-7-13/h2-7,12,15H,8-10H2,1H3. The molecule has 0 aromatic heterocycles. The van der Waals surface area contributed by atoms with E-state index in [-0.39, 0.29) is 18.1 Å². The van der Waals surface area contributed by atoms with Crippen LogP contribution >= 0.6 is 15.9 Å². The van der Waals surface area contributed by atoms with Gasteiger partial charge in [-0.15, -0.1) is 0 Å². The highest BCUT2D eigenvalue weighted by molar-refractivity contribution is 9.10. The second-order valence-corrected chi connectivity index (χ2v) is 7.13. The van der Waals surface area contributed by atoms with Crippen molar-refractivity contribution in [3.8, 4) is 5.75 Å². The summed E-state index contributed by atoms with van der Waals surface area (Å²) in [5.74, 6) is 0.236. The highest BCUT2D eigenvalue weighted by Crippen LogP contribution is 2.16. The van der Waals surface area contributed by atoms with Gasteiger partial charge in [0.2, 0.25) is 0 Å². The monoisotopic (exact) mass is 348 g/mol. The molecule has 6 heteroatoms. The first-order valence-electron chi connectivity index (χ1n) is 5.81. The smallest absolute Gasteiger partial charge is 0.156 e. The van der Waals surface area contributed by atoms with Crippen molar-refractivity contribution in [1.29, 1.82) is 0 Å². The molecule has 1 N–H and O–H groups in total. The quantitative estimate of drug-likeness (QED) is 0.767. The molecular weight excluding hydrogens is 332 g/mol. The van der Waals surface area contributed by atoms with Crippen LogP contribution in [0.5, 0.6) is 5.75 Å². The van der Waals surface area contributed by atoms with Crippen LogP contribution < -0.4 is 4.74 Å². The fourth-order valence-corrected chi connectivity index (χ4v) is 2.94. The second kappa shape index (κ2) is 7.67. The number of rotatable bonds is 7. The molecule has 1 atom stereocenters. The van der Waals surface area contributed by atoms with E-state index in [1.54, 1.807) is 31.2 Å². The van der Waals surface area contributed by atoms with Crippen LogP contribution in [-0.2, 0) is 9.84 Å². The topological polar surface area (TPSA) is 63.6 Å². The third-order valence-corrected chi connectivity index (χ3v) is 4.41. The van der Waals surface area contributed by atoms with E-state index >= 15 is 0 Å². The van der Waals surface area contributed by atoms with Crippen LogP contribution in [0.15, 0.2) is 40.9 Å². The molecule has 0 amide bonds. The fraction of sp³-hybridized carbons (Fsp3) is 0.385. The van der Waals surface area contributed by atoms with Crippen molar-refractivity contribution in [2.45, 2.75) is 13.0 Å². The highest BCUT2D eigenvalue weighted by atomic mass is 79.9. The number of ether oxygens (including phenoxy) is 1. The van der Waals surface area contributed by atoms with Crippen LogP contribution in [-0.4, -0.2) is 37.7 Å². The van der Waals surface area contributed by atoms with E-state index < -0.39 is 15.9 Å². The molecule has 0 radical (unpaired) electrons. The van der Waals surface area contributed by atoms with Crippen molar-refractivity contribution in [2.75, 3.05) is 18.1 Å². The van der Waals surface area contributed by atoms with Gasteiger partial charge >= 0.3 is 0 Å². The summed E-state index contributed by atoms with van der Waals surface area (Å²) in [4.78, 5) is 0. The van der Waals surface area contributed by atoms with E-state index in [4.69, 9.17) is 4.74 Å². The molecule has 1 aromatic rings. The lowest BCUT2D eigenvalue weighted by atomic mass is 10.3. The molecule has 0 saturated carbocycles. The summed E-state index contributed by atoms with van der Waals surface area (Å²) in [5, 5.41) is 9.66. The Kier molecular flexibility index (Phi) is 6.54. The molecule has 19 heavy (non-hydrogen) atoms. The molecule has 0 heterocycles. The summed E-state index contributed by atoms with van der Waals surface area (Å²) in [5.41, 5.74) is 0. The van der Waals surface area contributed by atoms with Gasteiger partial charge in [0.25, 0.3) is 0 Å². The molecule has 106 valence electrons. The average Bonchev–Trinajstić information content (AvgIpc) is 2.35. The van der Waals surface area contributed by atoms with Gasteiger partial charge in [-0.2, -0.15) is 0 Å². The molecule has 0 aliphatic rings. The summed E-state index contributed by atoms with van der Waals surface area (Å²) in [6.07, 6.45) is 2.19. The number of allylic oxidation sites excluding steroid dienone is 1. The Morgan fingerprint density at radius 1 is 1.37 bits per heavy atom. The van der Waals surface area contributed by atoms with Gasteiger partial charge in [0.15, 0.2) is 9.84 Å². The molecule has 0 fully saturated rings. The van der Waals surface area contributed by atoms with E-state index in [1.165, 1.54) is 0 Å². The van der Waals surface area contributed by atoms with Gasteiger partial charge in [-0.3, -0.25) is 0 Å². The van der Waals surface area contributed by atoms with Gasteiger partial charge in [-0.1, -0.05) is 28.1 Å². The molecule has 0 aliphatic carbocycles. The van der Waals surface area contributed by atoms with E-state index in [0.717, 1.165) is 4.47 Å². The Hall–Kier alpha value is -0.850. The summed E-state index contributed by atoms with van der Waals surface area (Å²) >= 11 is 3.30. The molecule has 1 aromatic carbocycles. The summed E-state index contributed by atoms with van der Waals surface area (Å²) in [6.45, 7) is 1.71. The third-order valence-electron chi connectivity index (χ3n) is 2.29. The van der Waals surface area contributed by atoms with Crippen LogP contribution in [0.25, 0.3) is 0 Å². The van der Waals surface area contributed by atoms with Gasteiger partial charge in [0.05, 0.1) is 11.5 Å². The van der Waals surface area contributed by atoms with Gasteiger partial charge in [0.1, 0.15) is 18.5 Å². The minimum atomic E-state index is -3.28. The summed E-state index contributed by atoms with van der Waals surface area (Å²) in [6, 6.07) is 7.10. The molecule has 1 rings (SSSR count). The van der Waals surface area contributed by atoms with E-state index in [1.807, 2.05) is 12.1 Å². The Morgan fingerprint density at radius 3 is 2.58 bits per heavy atom. The van der Waals surface area contributed by atoms with Crippen LogP contribution in [0, 0.1) is 0 Å². The maximum absolute atomic E-state index is 11.6. The van der Waals surface area contributed by atoms with Crippen LogP contribution in [0.1, 0.15) is 6.92 Å². The highest BCUT2D eigenvalue weighted by Gasteiger charge is 2.16. The van der Waals surface area contributed by atoms with Crippen LogP contribution in [0.2, 0.25) is 0 Å². The lowest BCUT2D eigenvalue weighted by Gasteiger charge is -2.12. The van der Waals surface area contributed by atoms with Crippen molar-refractivity contribution in [3.63, 3.8) is 0 Å². The van der Waals surface area contributed by atoms with Crippen molar-refractivity contribution in [3.05, 3.63) is 40.9 Å². The first kappa shape index (κ1) is 16.2. The van der Waals surface area contributed by atoms with Gasteiger partial charge in [0, 0.05) is 4.47 Å². The first-order chi connectivity index (χ1) is 8.93. The number of sulfone groups is 1. The normalized spacial score (nSPS) is 13.6. The zero-order valence-corrected chi connectivity index (χ0v) is 13.0. The molecular formula is C13H17BrO4S. The number of halogens is 1. The lowest BCUT2D eigenvalue weighted by molar-refractivity contribution is 0.125. The average molecular weight is 349 g/mol. The van der Waals surface area contributed by atoms with Crippen LogP contribution in [0.4, 0.5) is 0 Å². The number of aliphatic hydroxyl groups excluding tert-OH is 1. The number of hydrogen-bond acceptors (Lipinski definition) is 4. The second-order valence-electron chi connectivity index (χ2n) is 4.06. The molecule has 0 bridgehead atoms. The number of aliphatic hydroxyl groups is 1. The predicted octanol–water partition coefficient (Wildman–Crippen LogP) is 2.18. The number of hydrogen-bond donors (Lipinski definition) is 1. The first-order valence-corrected chi connectivity index (χ1v) is 8.42. The maximum Gasteiger partial charge on any atom is 0.156 e. The van der Waals surface area contributed by atoms with E-state index in [9.17, 15) is 13.5 Å². The van der Waals surface area contributed by atoms with Crippen molar-refractivity contribution in [1.82, 2.24) is 0 Å². The molecule has 1 unspecified atom stereocenters. The van der Waals surface area contributed by atoms with Crippen molar-refractivity contribution in [2.24, 2.45) is 0 Å². The Balaban J connectivity index is 2.43. The minimum Gasteiger partial charge on any atom is -0.491 e. The van der Waals surface area contributed by atoms with Crippen LogP contribution in [0.3, 0.4) is 0 Å². The minimum absolute atomic E-state index is 0.0449. The van der Waals surface area contributed by atoms with E-state index in [0.29, 0.717) is 5.75 Å². The summed E-state index contributed by atoms with van der Waals surface area (Å²) < 4.78 is 29.4. The zero-order valence-electron chi connectivity index (χ0n) is 10.6. The van der Waals surface area contributed by atoms with E-state index in [2.05, 4.69) is 15.9 Å². The van der Waals surface area contributed by atoms with Gasteiger partial charge in [-0.25, -0.2) is 8.42 Å². The van der Waals surface area contributed by atoms with Gasteiger partial charge < -0.3 is 9.84 Å².